The molecule has 1 aromatic rings. The van der Waals surface area contributed by atoms with E-state index in [1.54, 1.807) is 6.07 Å². The Kier molecular flexibility index (Phi) is 2.49. The van der Waals surface area contributed by atoms with Crippen LogP contribution < -0.4 is 5.73 Å². The minimum atomic E-state index is -0.437. The van der Waals surface area contributed by atoms with E-state index in [0.717, 1.165) is 5.76 Å². The molecule has 0 aliphatic carbocycles. The van der Waals surface area contributed by atoms with Crippen LogP contribution in [-0.2, 0) is 5.54 Å². The van der Waals surface area contributed by atoms with Gasteiger partial charge < -0.3 is 10.2 Å². The van der Waals surface area contributed by atoms with Crippen molar-refractivity contribution in [2.24, 2.45) is 11.7 Å². The maximum absolute atomic E-state index is 6.04. The van der Waals surface area contributed by atoms with Crippen molar-refractivity contribution >= 4 is 11.6 Å². The molecule has 0 amide bonds. The summed E-state index contributed by atoms with van der Waals surface area (Å²) in [6, 6.07) is 3.53. The third kappa shape index (κ3) is 1.65. The molecule has 0 fully saturated rings. The van der Waals surface area contributed by atoms with Crippen molar-refractivity contribution in [2.75, 3.05) is 0 Å². The first-order valence-corrected chi connectivity index (χ1v) is 4.37. The van der Waals surface area contributed by atoms with Crippen LogP contribution in [0.5, 0.6) is 0 Å². The van der Waals surface area contributed by atoms with Gasteiger partial charge in [0.1, 0.15) is 5.76 Å². The molecule has 12 heavy (non-hydrogen) atoms. The highest BCUT2D eigenvalue weighted by atomic mass is 35.5. The minimum absolute atomic E-state index is 0.319. The van der Waals surface area contributed by atoms with Crippen LogP contribution in [0.2, 0.25) is 5.22 Å². The first kappa shape index (κ1) is 9.62. The zero-order valence-electron chi connectivity index (χ0n) is 7.60. The van der Waals surface area contributed by atoms with E-state index < -0.39 is 5.54 Å². The van der Waals surface area contributed by atoms with Gasteiger partial charge in [-0.15, -0.1) is 0 Å². The van der Waals surface area contributed by atoms with Gasteiger partial charge in [0.2, 0.25) is 0 Å². The Labute approximate surface area is 77.7 Å². The monoisotopic (exact) mass is 187 g/mol. The Morgan fingerprint density at radius 3 is 2.42 bits per heavy atom. The summed E-state index contributed by atoms with van der Waals surface area (Å²) >= 11 is 5.65. The second-order valence-electron chi connectivity index (χ2n) is 3.54. The summed E-state index contributed by atoms with van der Waals surface area (Å²) in [6.07, 6.45) is 0. The quantitative estimate of drug-likeness (QED) is 0.774. The molecule has 2 N–H and O–H groups in total. The molecule has 1 unspecified atom stereocenters. The van der Waals surface area contributed by atoms with Crippen LogP contribution in [0.3, 0.4) is 0 Å². The molecule has 0 spiro atoms. The minimum Gasteiger partial charge on any atom is -0.448 e. The van der Waals surface area contributed by atoms with E-state index in [4.69, 9.17) is 21.8 Å². The third-order valence-corrected chi connectivity index (χ3v) is 2.51. The molecule has 2 nitrogen and oxygen atoms in total. The van der Waals surface area contributed by atoms with Crippen LogP contribution in [0.25, 0.3) is 0 Å². The molecule has 0 saturated heterocycles. The van der Waals surface area contributed by atoms with Crippen molar-refractivity contribution in [1.82, 2.24) is 0 Å². The normalized spacial score (nSPS) is 16.5. The topological polar surface area (TPSA) is 39.2 Å². The Hall–Kier alpha value is -0.470. The van der Waals surface area contributed by atoms with Gasteiger partial charge in [0.05, 0.1) is 5.54 Å². The number of hydrogen-bond acceptors (Lipinski definition) is 2. The van der Waals surface area contributed by atoms with Gasteiger partial charge in [-0.3, -0.25) is 0 Å². The Balaban J connectivity index is 2.97. The summed E-state index contributed by atoms with van der Waals surface area (Å²) in [7, 11) is 0. The van der Waals surface area contributed by atoms with Crippen LogP contribution in [-0.4, -0.2) is 0 Å². The van der Waals surface area contributed by atoms with Crippen molar-refractivity contribution in [2.45, 2.75) is 26.3 Å². The van der Waals surface area contributed by atoms with Gasteiger partial charge >= 0.3 is 0 Å². The highest BCUT2D eigenvalue weighted by Crippen LogP contribution is 2.28. The molecule has 1 atom stereocenters. The van der Waals surface area contributed by atoms with Crippen molar-refractivity contribution in [3.05, 3.63) is 23.1 Å². The lowest BCUT2D eigenvalue weighted by molar-refractivity contribution is 0.284. The van der Waals surface area contributed by atoms with Crippen LogP contribution in [0.4, 0.5) is 0 Å². The van der Waals surface area contributed by atoms with Crippen molar-refractivity contribution in [3.63, 3.8) is 0 Å². The first-order valence-electron chi connectivity index (χ1n) is 3.99. The predicted molar refractivity (Wildman–Crippen MR) is 50.1 cm³/mol. The Bertz CT molecular complexity index is 265. The van der Waals surface area contributed by atoms with E-state index >= 15 is 0 Å². The maximum Gasteiger partial charge on any atom is 0.193 e. The fourth-order valence-corrected chi connectivity index (χ4v) is 1.03. The molecule has 0 aliphatic heterocycles. The van der Waals surface area contributed by atoms with Gasteiger partial charge in [0.25, 0.3) is 0 Å². The van der Waals surface area contributed by atoms with Crippen LogP contribution in [0, 0.1) is 5.92 Å². The highest BCUT2D eigenvalue weighted by Gasteiger charge is 2.28. The number of nitrogens with two attached hydrogens (primary N) is 1. The van der Waals surface area contributed by atoms with E-state index in [9.17, 15) is 0 Å². The summed E-state index contributed by atoms with van der Waals surface area (Å²) < 4.78 is 5.25. The summed E-state index contributed by atoms with van der Waals surface area (Å²) in [5.41, 5.74) is 5.60. The number of rotatable bonds is 2. The van der Waals surface area contributed by atoms with Gasteiger partial charge in [0, 0.05) is 0 Å². The molecular weight excluding hydrogens is 174 g/mol. The van der Waals surface area contributed by atoms with Crippen molar-refractivity contribution in [3.8, 4) is 0 Å². The van der Waals surface area contributed by atoms with Crippen LogP contribution in [0.1, 0.15) is 26.5 Å². The van der Waals surface area contributed by atoms with Gasteiger partial charge in [-0.25, -0.2) is 0 Å². The largest absolute Gasteiger partial charge is 0.448 e. The van der Waals surface area contributed by atoms with E-state index in [1.807, 2.05) is 13.0 Å². The fraction of sp³-hybridized carbons (Fsp3) is 0.556. The summed E-state index contributed by atoms with van der Waals surface area (Å²) in [4.78, 5) is 0. The molecule has 0 aliphatic rings. The van der Waals surface area contributed by atoms with E-state index in [-0.39, 0.29) is 0 Å². The van der Waals surface area contributed by atoms with Crippen molar-refractivity contribution < 1.29 is 4.42 Å². The molecule has 0 aromatic carbocycles. The molecular formula is C9H14ClNO. The van der Waals surface area contributed by atoms with Gasteiger partial charge in [0.15, 0.2) is 5.22 Å². The summed E-state index contributed by atoms with van der Waals surface area (Å²) in [5, 5.41) is 0.391. The third-order valence-electron chi connectivity index (χ3n) is 2.30. The molecule has 3 heteroatoms. The Morgan fingerprint density at radius 2 is 2.08 bits per heavy atom. The SMILES string of the molecule is CC(C)C(C)(N)c1ccc(Cl)o1. The molecule has 68 valence electrons. The van der Waals surface area contributed by atoms with E-state index in [1.165, 1.54) is 0 Å². The van der Waals surface area contributed by atoms with Crippen molar-refractivity contribution in [1.29, 1.82) is 0 Å². The molecule has 0 bridgehead atoms. The molecule has 1 rings (SSSR count). The van der Waals surface area contributed by atoms with Gasteiger partial charge in [-0.05, 0) is 36.6 Å². The molecule has 0 saturated carbocycles. The van der Waals surface area contributed by atoms with Crippen LogP contribution in [0.15, 0.2) is 16.5 Å². The van der Waals surface area contributed by atoms with Crippen LogP contribution >= 0.6 is 11.6 Å². The number of furan rings is 1. The predicted octanol–water partition coefficient (Wildman–Crippen LogP) is 2.76. The average molecular weight is 188 g/mol. The molecule has 0 radical (unpaired) electrons. The number of hydrogen-bond donors (Lipinski definition) is 1. The second kappa shape index (κ2) is 3.11. The summed E-state index contributed by atoms with van der Waals surface area (Å²) in [6.45, 7) is 6.04. The first-order chi connectivity index (χ1) is 5.44. The van der Waals surface area contributed by atoms with E-state index in [0.29, 0.717) is 11.1 Å². The summed E-state index contributed by atoms with van der Waals surface area (Å²) in [5.74, 6) is 1.06. The second-order valence-corrected chi connectivity index (χ2v) is 3.91. The van der Waals surface area contributed by atoms with Gasteiger partial charge in [-0.2, -0.15) is 0 Å². The molecule has 1 aromatic heterocycles. The lowest BCUT2D eigenvalue weighted by atomic mass is 9.87. The zero-order chi connectivity index (χ0) is 9.35. The lowest BCUT2D eigenvalue weighted by Crippen LogP contribution is -2.38. The van der Waals surface area contributed by atoms with E-state index in [2.05, 4.69) is 13.8 Å². The zero-order valence-corrected chi connectivity index (χ0v) is 8.35. The standard InChI is InChI=1S/C9H14ClNO/c1-6(2)9(3,11)7-4-5-8(10)12-7/h4-6H,11H2,1-3H3. The van der Waals surface area contributed by atoms with Gasteiger partial charge in [-0.1, -0.05) is 13.8 Å². The Morgan fingerprint density at radius 1 is 1.50 bits per heavy atom. The fourth-order valence-electron chi connectivity index (χ4n) is 0.888. The maximum atomic E-state index is 6.04. The smallest absolute Gasteiger partial charge is 0.193 e. The average Bonchev–Trinajstić information content (AvgIpc) is 2.35. The number of halogens is 1. The lowest BCUT2D eigenvalue weighted by Gasteiger charge is -2.26. The highest BCUT2D eigenvalue weighted by molar-refractivity contribution is 6.28. The molecule has 1 heterocycles.